The molecule has 2 nitrogen and oxygen atoms in total. The van der Waals surface area contributed by atoms with Crippen molar-refractivity contribution in [3.05, 3.63) is 21.8 Å². The molecule has 0 amide bonds. The van der Waals surface area contributed by atoms with E-state index in [1.54, 1.807) is 17.8 Å². The second kappa shape index (κ2) is 15.7. The minimum atomic E-state index is -2.33. The second-order valence-corrected chi connectivity index (χ2v) is 19.8. The molecule has 0 radical (unpaired) electrons. The predicted molar refractivity (Wildman–Crippen MR) is 106 cm³/mol. The van der Waals surface area contributed by atoms with Crippen molar-refractivity contribution in [2.24, 2.45) is 0 Å². The van der Waals surface area contributed by atoms with Gasteiger partial charge in [0.05, 0.1) is 0 Å². The van der Waals surface area contributed by atoms with E-state index in [2.05, 4.69) is 39.0 Å². The van der Waals surface area contributed by atoms with Crippen molar-refractivity contribution in [2.45, 2.75) is 72.6 Å². The Morgan fingerprint density at radius 2 is 1.26 bits per heavy atom. The summed E-state index contributed by atoms with van der Waals surface area (Å²) in [7, 11) is 3.57. The Labute approximate surface area is 149 Å². The van der Waals surface area contributed by atoms with E-state index in [0.717, 1.165) is 6.61 Å². The maximum absolute atomic E-state index is 5.38. The summed E-state index contributed by atoms with van der Waals surface area (Å²) < 4.78 is 16.8. The Bertz CT molecular complexity index is 302. The Morgan fingerprint density at radius 3 is 1.65 bits per heavy atom. The molecule has 0 aliphatic heterocycles. The Balaban J connectivity index is 5.50. The van der Waals surface area contributed by atoms with Crippen LogP contribution in [0.1, 0.15) is 59.3 Å². The molecule has 136 valence electrons. The summed E-state index contributed by atoms with van der Waals surface area (Å²) in [6, 6.07) is 0. The van der Waals surface area contributed by atoms with Crippen LogP contribution in [0.2, 0.25) is 13.3 Å². The zero-order valence-electron chi connectivity index (χ0n) is 16.3. The van der Waals surface area contributed by atoms with E-state index in [1.807, 2.05) is 0 Å². The molecule has 3 heteroatoms. The summed E-state index contributed by atoms with van der Waals surface area (Å²) >= 11 is -2.33. The Hall–Kier alpha value is 0.199. The molecular weight excluding hydrogens is 391 g/mol. The number of rotatable bonds is 15. The second-order valence-electron chi connectivity index (χ2n) is 6.56. The van der Waals surface area contributed by atoms with Crippen LogP contribution in [-0.4, -0.2) is 45.8 Å². The number of unbranched alkanes of at least 4 members (excludes halogenated alkanes) is 3. The molecule has 0 bridgehead atoms. The van der Waals surface area contributed by atoms with Gasteiger partial charge in [-0.2, -0.15) is 0 Å². The van der Waals surface area contributed by atoms with Crippen LogP contribution < -0.4 is 0 Å². The van der Waals surface area contributed by atoms with Crippen LogP contribution >= 0.6 is 0 Å². The topological polar surface area (TPSA) is 18.5 Å². The zero-order valence-corrected chi connectivity index (χ0v) is 19.2. The molecule has 0 saturated heterocycles. The van der Waals surface area contributed by atoms with Crippen LogP contribution in [0.3, 0.4) is 0 Å². The third-order valence-corrected chi connectivity index (χ3v) is 20.4. The SMILES string of the molecule is CCC[CH2][Sn]([CH2]CCC)([CH2]CCC)[C](=C\COC)/C=C/COC. The molecule has 0 aliphatic rings. The van der Waals surface area contributed by atoms with Gasteiger partial charge in [0.15, 0.2) is 0 Å². The number of allylic oxidation sites excluding steroid dienone is 2. The van der Waals surface area contributed by atoms with Gasteiger partial charge in [0.2, 0.25) is 0 Å². The van der Waals surface area contributed by atoms with Crippen molar-refractivity contribution < 1.29 is 9.47 Å². The molecule has 0 spiro atoms. The van der Waals surface area contributed by atoms with Gasteiger partial charge in [-0.15, -0.1) is 0 Å². The van der Waals surface area contributed by atoms with E-state index in [0.29, 0.717) is 6.61 Å². The fourth-order valence-corrected chi connectivity index (χ4v) is 19.5. The molecular formula is C20H40O2Sn. The standard InChI is InChI=1S/C8H13O2.3C4H9.Sn/c1-9-7-5-3-4-6-8-10-2;3*1-3-4-2;/h3,5-6H,7-8H2,1-2H3;3*1,3-4H2,2H3;/b5-3+,6-4?;;;;. The van der Waals surface area contributed by atoms with Crippen LogP contribution in [0, 0.1) is 0 Å². The summed E-state index contributed by atoms with van der Waals surface area (Å²) in [5, 5.41) is 0. The number of ether oxygens (including phenoxy) is 2. The summed E-state index contributed by atoms with van der Waals surface area (Å²) in [6.45, 7) is 8.44. The number of methoxy groups -OCH3 is 2. The normalized spacial score (nSPS) is 13.2. The Morgan fingerprint density at radius 1 is 0.783 bits per heavy atom. The van der Waals surface area contributed by atoms with Crippen molar-refractivity contribution >= 4 is 18.4 Å². The first-order chi connectivity index (χ1) is 11.2. The predicted octanol–water partition coefficient (Wildman–Crippen LogP) is 6.15. The molecule has 0 unspecified atom stereocenters. The average molecular weight is 431 g/mol. The molecule has 0 aliphatic carbocycles. The van der Waals surface area contributed by atoms with Crippen molar-refractivity contribution in [1.29, 1.82) is 0 Å². The van der Waals surface area contributed by atoms with Gasteiger partial charge in [0, 0.05) is 0 Å². The van der Waals surface area contributed by atoms with Gasteiger partial charge in [-0.25, -0.2) is 0 Å². The number of hydrogen-bond acceptors (Lipinski definition) is 2. The third-order valence-electron chi connectivity index (χ3n) is 4.67. The van der Waals surface area contributed by atoms with Crippen molar-refractivity contribution in [2.75, 3.05) is 27.4 Å². The van der Waals surface area contributed by atoms with Crippen LogP contribution in [0.5, 0.6) is 0 Å². The minimum absolute atomic E-state index is 0.710. The zero-order chi connectivity index (χ0) is 17.4. The van der Waals surface area contributed by atoms with Crippen molar-refractivity contribution in [3.8, 4) is 0 Å². The number of hydrogen-bond donors (Lipinski definition) is 0. The Kier molecular flexibility index (Phi) is 15.8. The molecule has 0 aromatic rings. The van der Waals surface area contributed by atoms with Gasteiger partial charge >= 0.3 is 150 Å². The molecule has 0 N–H and O–H groups in total. The molecule has 0 rings (SSSR count). The first kappa shape index (κ1) is 23.2. The van der Waals surface area contributed by atoms with E-state index in [-0.39, 0.29) is 0 Å². The van der Waals surface area contributed by atoms with Crippen LogP contribution in [-0.2, 0) is 9.47 Å². The summed E-state index contributed by atoms with van der Waals surface area (Å²) in [6.07, 6.45) is 15.1. The molecule has 0 fully saturated rings. The van der Waals surface area contributed by atoms with Gasteiger partial charge in [0.25, 0.3) is 0 Å². The van der Waals surface area contributed by atoms with Gasteiger partial charge in [-0.3, -0.25) is 0 Å². The van der Waals surface area contributed by atoms with E-state index in [1.165, 1.54) is 51.8 Å². The summed E-state index contributed by atoms with van der Waals surface area (Å²) in [4.78, 5) is 0. The van der Waals surface area contributed by atoms with Crippen LogP contribution in [0.4, 0.5) is 0 Å². The van der Waals surface area contributed by atoms with E-state index >= 15 is 0 Å². The summed E-state index contributed by atoms with van der Waals surface area (Å²) in [5.74, 6) is 0. The molecule has 0 saturated carbocycles. The quantitative estimate of drug-likeness (QED) is 0.229. The molecule has 0 atom stereocenters. The van der Waals surface area contributed by atoms with E-state index < -0.39 is 18.4 Å². The van der Waals surface area contributed by atoms with Crippen LogP contribution in [0.15, 0.2) is 21.8 Å². The summed E-state index contributed by atoms with van der Waals surface area (Å²) in [5.41, 5.74) is 0. The maximum atomic E-state index is 5.38. The van der Waals surface area contributed by atoms with Crippen LogP contribution in [0.25, 0.3) is 0 Å². The molecule has 0 aromatic carbocycles. The van der Waals surface area contributed by atoms with Gasteiger partial charge in [-0.05, 0) is 0 Å². The fourth-order valence-electron chi connectivity index (χ4n) is 3.26. The average Bonchev–Trinajstić information content (AvgIpc) is 2.58. The van der Waals surface area contributed by atoms with Gasteiger partial charge in [-0.1, -0.05) is 0 Å². The molecule has 23 heavy (non-hydrogen) atoms. The molecule has 0 aromatic heterocycles. The first-order valence-electron chi connectivity index (χ1n) is 9.55. The van der Waals surface area contributed by atoms with Crippen molar-refractivity contribution in [1.82, 2.24) is 0 Å². The monoisotopic (exact) mass is 432 g/mol. The fraction of sp³-hybridized carbons (Fsp3) is 0.800. The third kappa shape index (κ3) is 9.93. The van der Waals surface area contributed by atoms with Crippen molar-refractivity contribution in [3.63, 3.8) is 0 Å². The van der Waals surface area contributed by atoms with Gasteiger partial charge < -0.3 is 0 Å². The van der Waals surface area contributed by atoms with E-state index in [9.17, 15) is 0 Å². The first-order valence-corrected chi connectivity index (χ1v) is 17.0. The molecule has 0 heterocycles. The van der Waals surface area contributed by atoms with Gasteiger partial charge in [0.1, 0.15) is 0 Å². The van der Waals surface area contributed by atoms with E-state index in [4.69, 9.17) is 9.47 Å².